The van der Waals surface area contributed by atoms with Crippen LogP contribution < -0.4 is 5.73 Å². The molecule has 2 aromatic heterocycles. The highest BCUT2D eigenvalue weighted by molar-refractivity contribution is 5.41. The van der Waals surface area contributed by atoms with E-state index in [2.05, 4.69) is 10.2 Å². The average molecular weight is 220 g/mol. The Hall–Kier alpha value is -1.46. The number of hydrogen-bond acceptors (Lipinski definition) is 4. The molecule has 0 saturated carbocycles. The first-order chi connectivity index (χ1) is 7.72. The van der Waals surface area contributed by atoms with Gasteiger partial charge >= 0.3 is 0 Å². The van der Waals surface area contributed by atoms with Crippen LogP contribution in [-0.2, 0) is 4.74 Å². The van der Waals surface area contributed by atoms with Crippen LogP contribution in [0.3, 0.4) is 0 Å². The summed E-state index contributed by atoms with van der Waals surface area (Å²) in [5.74, 6) is 0.784. The van der Waals surface area contributed by atoms with Gasteiger partial charge in [0.1, 0.15) is 0 Å². The fourth-order valence-electron chi connectivity index (χ4n) is 1.64. The van der Waals surface area contributed by atoms with Gasteiger partial charge in [-0.2, -0.15) is 0 Å². The molecule has 2 aromatic rings. The third-order valence-electron chi connectivity index (χ3n) is 2.56. The zero-order valence-electron chi connectivity index (χ0n) is 9.55. The quantitative estimate of drug-likeness (QED) is 0.837. The number of aryl methyl sites for hydroxylation is 1. The second kappa shape index (κ2) is 4.59. The maximum Gasteiger partial charge on any atom is 0.161 e. The van der Waals surface area contributed by atoms with E-state index in [0.29, 0.717) is 6.61 Å². The first-order valence-electron chi connectivity index (χ1n) is 5.28. The van der Waals surface area contributed by atoms with E-state index in [1.54, 1.807) is 7.11 Å². The second-order valence-electron chi connectivity index (χ2n) is 3.88. The smallest absolute Gasteiger partial charge is 0.161 e. The van der Waals surface area contributed by atoms with Crippen molar-refractivity contribution >= 4 is 5.65 Å². The summed E-state index contributed by atoms with van der Waals surface area (Å²) < 4.78 is 6.93. The fraction of sp³-hybridized carbons (Fsp3) is 0.455. The lowest BCUT2D eigenvalue weighted by atomic mass is 10.2. The van der Waals surface area contributed by atoms with E-state index in [1.165, 1.54) is 0 Å². The molecule has 2 rings (SSSR count). The highest BCUT2D eigenvalue weighted by Crippen LogP contribution is 2.14. The Kier molecular flexibility index (Phi) is 3.17. The standard InChI is InChI=1S/C11H16N4O/c1-8-3-5-15-10(7-8)13-14-11(15)9(12)4-6-16-2/h3,5,7,9H,4,6,12H2,1-2H3. The minimum Gasteiger partial charge on any atom is -0.385 e. The van der Waals surface area contributed by atoms with Crippen LogP contribution in [0.25, 0.3) is 5.65 Å². The van der Waals surface area contributed by atoms with Crippen LogP contribution in [0.2, 0.25) is 0 Å². The maximum atomic E-state index is 6.03. The van der Waals surface area contributed by atoms with Gasteiger partial charge in [-0.05, 0) is 31.0 Å². The number of ether oxygens (including phenoxy) is 1. The minimum absolute atomic E-state index is 0.141. The van der Waals surface area contributed by atoms with Gasteiger partial charge in [0.2, 0.25) is 0 Å². The molecule has 0 aliphatic rings. The van der Waals surface area contributed by atoms with Crippen molar-refractivity contribution in [2.24, 2.45) is 5.73 Å². The van der Waals surface area contributed by atoms with Crippen molar-refractivity contribution in [1.82, 2.24) is 14.6 Å². The first-order valence-corrected chi connectivity index (χ1v) is 5.28. The third kappa shape index (κ3) is 2.05. The number of fused-ring (bicyclic) bond motifs is 1. The normalized spacial score (nSPS) is 13.2. The van der Waals surface area contributed by atoms with Gasteiger partial charge in [-0.3, -0.25) is 4.40 Å². The lowest BCUT2D eigenvalue weighted by molar-refractivity contribution is 0.187. The summed E-state index contributed by atoms with van der Waals surface area (Å²) in [6, 6.07) is 3.86. The van der Waals surface area contributed by atoms with Crippen molar-refractivity contribution in [3.8, 4) is 0 Å². The van der Waals surface area contributed by atoms with Gasteiger partial charge in [0.15, 0.2) is 11.5 Å². The fourth-order valence-corrected chi connectivity index (χ4v) is 1.64. The van der Waals surface area contributed by atoms with E-state index in [0.717, 1.165) is 23.5 Å². The molecule has 0 saturated heterocycles. The maximum absolute atomic E-state index is 6.03. The van der Waals surface area contributed by atoms with Crippen molar-refractivity contribution in [2.75, 3.05) is 13.7 Å². The molecule has 5 heteroatoms. The Morgan fingerprint density at radius 1 is 1.50 bits per heavy atom. The number of rotatable bonds is 4. The number of nitrogens with zero attached hydrogens (tertiary/aromatic N) is 3. The van der Waals surface area contributed by atoms with Crippen molar-refractivity contribution < 1.29 is 4.74 Å². The third-order valence-corrected chi connectivity index (χ3v) is 2.56. The van der Waals surface area contributed by atoms with Crippen molar-refractivity contribution in [1.29, 1.82) is 0 Å². The monoisotopic (exact) mass is 220 g/mol. The van der Waals surface area contributed by atoms with E-state index in [1.807, 2.05) is 29.7 Å². The molecule has 0 spiro atoms. The Morgan fingerprint density at radius 2 is 2.31 bits per heavy atom. The number of pyridine rings is 1. The molecule has 16 heavy (non-hydrogen) atoms. The molecule has 0 bridgehead atoms. The van der Waals surface area contributed by atoms with Gasteiger partial charge in [0.25, 0.3) is 0 Å². The highest BCUT2D eigenvalue weighted by Gasteiger charge is 2.13. The van der Waals surface area contributed by atoms with Gasteiger partial charge in [-0.25, -0.2) is 0 Å². The van der Waals surface area contributed by atoms with Crippen LogP contribution in [0.1, 0.15) is 23.9 Å². The molecule has 0 aliphatic carbocycles. The number of nitrogens with two attached hydrogens (primary N) is 1. The molecule has 0 radical (unpaired) electrons. The number of aromatic nitrogens is 3. The number of hydrogen-bond donors (Lipinski definition) is 1. The zero-order valence-corrected chi connectivity index (χ0v) is 9.55. The van der Waals surface area contributed by atoms with Crippen LogP contribution >= 0.6 is 0 Å². The van der Waals surface area contributed by atoms with Crippen LogP contribution in [0.5, 0.6) is 0 Å². The van der Waals surface area contributed by atoms with E-state index >= 15 is 0 Å². The van der Waals surface area contributed by atoms with E-state index in [4.69, 9.17) is 10.5 Å². The molecule has 2 N–H and O–H groups in total. The predicted octanol–water partition coefficient (Wildman–Crippen LogP) is 1.07. The zero-order chi connectivity index (χ0) is 11.5. The lowest BCUT2D eigenvalue weighted by Gasteiger charge is -2.08. The summed E-state index contributed by atoms with van der Waals surface area (Å²) in [6.07, 6.45) is 2.69. The molecular weight excluding hydrogens is 204 g/mol. The predicted molar refractivity (Wildman–Crippen MR) is 61.1 cm³/mol. The van der Waals surface area contributed by atoms with Gasteiger partial charge in [-0.15, -0.1) is 10.2 Å². The second-order valence-corrected chi connectivity index (χ2v) is 3.88. The molecule has 0 aliphatic heterocycles. The van der Waals surface area contributed by atoms with Gasteiger partial charge in [-0.1, -0.05) is 0 Å². The van der Waals surface area contributed by atoms with E-state index in [-0.39, 0.29) is 6.04 Å². The summed E-state index contributed by atoms with van der Waals surface area (Å²) in [5.41, 5.74) is 8.03. The van der Waals surface area contributed by atoms with Crippen LogP contribution in [-0.4, -0.2) is 28.3 Å². The minimum atomic E-state index is -0.141. The Labute approximate surface area is 94.2 Å². The molecule has 5 nitrogen and oxygen atoms in total. The summed E-state index contributed by atoms with van der Waals surface area (Å²) in [4.78, 5) is 0. The van der Waals surface area contributed by atoms with Crippen LogP contribution in [0.4, 0.5) is 0 Å². The summed E-state index contributed by atoms with van der Waals surface area (Å²) in [7, 11) is 1.66. The van der Waals surface area contributed by atoms with Gasteiger partial charge < -0.3 is 10.5 Å². The molecular formula is C11H16N4O. The van der Waals surface area contributed by atoms with E-state index < -0.39 is 0 Å². The van der Waals surface area contributed by atoms with Crippen LogP contribution in [0.15, 0.2) is 18.3 Å². The topological polar surface area (TPSA) is 65.4 Å². The van der Waals surface area contributed by atoms with Gasteiger partial charge in [0.05, 0.1) is 6.04 Å². The Balaban J connectivity index is 2.31. The molecule has 0 aromatic carbocycles. The Morgan fingerprint density at radius 3 is 3.06 bits per heavy atom. The molecule has 1 atom stereocenters. The molecule has 1 unspecified atom stereocenters. The summed E-state index contributed by atoms with van der Waals surface area (Å²) >= 11 is 0. The average Bonchev–Trinajstić information content (AvgIpc) is 2.68. The van der Waals surface area contributed by atoms with E-state index in [9.17, 15) is 0 Å². The molecule has 86 valence electrons. The number of methoxy groups -OCH3 is 1. The SMILES string of the molecule is COCCC(N)c1nnc2cc(C)ccn12. The molecule has 0 fully saturated rings. The lowest BCUT2D eigenvalue weighted by Crippen LogP contribution is -2.16. The summed E-state index contributed by atoms with van der Waals surface area (Å²) in [5, 5.41) is 8.22. The molecule has 0 amide bonds. The molecule has 2 heterocycles. The highest BCUT2D eigenvalue weighted by atomic mass is 16.5. The van der Waals surface area contributed by atoms with Crippen molar-refractivity contribution in [3.05, 3.63) is 29.7 Å². The largest absolute Gasteiger partial charge is 0.385 e. The van der Waals surface area contributed by atoms with Crippen molar-refractivity contribution in [2.45, 2.75) is 19.4 Å². The van der Waals surface area contributed by atoms with Gasteiger partial charge in [0, 0.05) is 19.9 Å². The Bertz CT molecular complexity index is 480. The summed E-state index contributed by atoms with van der Waals surface area (Å²) in [6.45, 7) is 2.65. The van der Waals surface area contributed by atoms with Crippen LogP contribution in [0, 0.1) is 6.92 Å². The van der Waals surface area contributed by atoms with Crippen molar-refractivity contribution in [3.63, 3.8) is 0 Å². The first kappa shape index (κ1) is 11.0.